The molecule has 0 saturated carbocycles. The summed E-state index contributed by atoms with van der Waals surface area (Å²) in [6.07, 6.45) is 5.35. The number of benzene rings is 2. The van der Waals surface area contributed by atoms with E-state index in [4.69, 9.17) is 4.74 Å². The predicted molar refractivity (Wildman–Crippen MR) is 135 cm³/mol. The van der Waals surface area contributed by atoms with Crippen LogP contribution in [0.5, 0.6) is 5.75 Å². The maximum absolute atomic E-state index is 13.0. The molecule has 1 fully saturated rings. The quantitative estimate of drug-likeness (QED) is 0.389. The zero-order chi connectivity index (χ0) is 23.3. The summed E-state index contributed by atoms with van der Waals surface area (Å²) in [5.74, 6) is 1.11. The van der Waals surface area contributed by atoms with Crippen LogP contribution in [0.3, 0.4) is 0 Å². The summed E-state index contributed by atoms with van der Waals surface area (Å²) in [5.41, 5.74) is 4.77. The number of ether oxygens (including phenoxy) is 1. The first-order valence-corrected chi connectivity index (χ1v) is 13.2. The highest BCUT2D eigenvalue weighted by Crippen LogP contribution is 2.25. The number of imidazole rings is 1. The SMILES string of the molecule is Cc1c(OCC2CCCCN2Cc2ccccc2)ccnc1CS(=O)c1nc2ccccc2[nH]1. The molecule has 7 heteroatoms. The summed E-state index contributed by atoms with van der Waals surface area (Å²) in [7, 11) is -1.32. The number of pyridine rings is 1. The lowest BCUT2D eigenvalue weighted by molar-refractivity contribution is 0.0929. The van der Waals surface area contributed by atoms with Gasteiger partial charge in [0.05, 0.1) is 33.3 Å². The van der Waals surface area contributed by atoms with Crippen LogP contribution in [0.15, 0.2) is 72.0 Å². The standard InChI is InChI=1S/C27H30N4O2S/c1-20-25(19-34(32)27-29-23-12-5-6-13-24(23)30-27)28-15-14-26(20)33-18-22-11-7-8-16-31(22)17-21-9-3-2-4-10-21/h2-6,9-10,12-15,22H,7-8,11,16-19H2,1H3,(H,29,30). The normalized spacial score (nSPS) is 17.6. The smallest absolute Gasteiger partial charge is 0.197 e. The Morgan fingerprint density at radius 1 is 1.09 bits per heavy atom. The molecule has 34 heavy (non-hydrogen) atoms. The molecule has 0 amide bonds. The minimum atomic E-state index is -1.32. The van der Waals surface area contributed by atoms with Gasteiger partial charge in [0.1, 0.15) is 12.4 Å². The predicted octanol–water partition coefficient (Wildman–Crippen LogP) is 5.01. The van der Waals surface area contributed by atoms with Crippen LogP contribution in [0.25, 0.3) is 11.0 Å². The molecule has 2 aromatic heterocycles. The maximum atomic E-state index is 13.0. The fourth-order valence-electron chi connectivity index (χ4n) is 4.55. The number of fused-ring (bicyclic) bond motifs is 1. The summed E-state index contributed by atoms with van der Waals surface area (Å²) < 4.78 is 19.3. The van der Waals surface area contributed by atoms with Gasteiger partial charge < -0.3 is 9.72 Å². The van der Waals surface area contributed by atoms with E-state index in [0.717, 1.165) is 47.6 Å². The molecule has 5 rings (SSSR count). The number of H-pyrrole nitrogens is 1. The second-order valence-electron chi connectivity index (χ2n) is 8.85. The lowest BCUT2D eigenvalue weighted by atomic mass is 10.0. The largest absolute Gasteiger partial charge is 0.492 e. The number of hydrogen-bond acceptors (Lipinski definition) is 5. The number of likely N-dealkylation sites (tertiary alicyclic amines) is 1. The second kappa shape index (κ2) is 10.5. The van der Waals surface area contributed by atoms with Crippen LogP contribution in [0.4, 0.5) is 0 Å². The first kappa shape index (κ1) is 22.7. The van der Waals surface area contributed by atoms with Gasteiger partial charge in [0, 0.05) is 24.3 Å². The van der Waals surface area contributed by atoms with E-state index in [1.165, 1.54) is 18.4 Å². The van der Waals surface area contributed by atoms with Crippen LogP contribution in [-0.2, 0) is 23.1 Å². The van der Waals surface area contributed by atoms with Crippen molar-refractivity contribution in [1.29, 1.82) is 0 Å². The van der Waals surface area contributed by atoms with E-state index >= 15 is 0 Å². The van der Waals surface area contributed by atoms with E-state index in [1.54, 1.807) is 6.20 Å². The molecule has 176 valence electrons. The Kier molecular flexibility index (Phi) is 7.02. The van der Waals surface area contributed by atoms with Crippen LogP contribution in [0, 0.1) is 6.92 Å². The molecule has 0 spiro atoms. The summed E-state index contributed by atoms with van der Waals surface area (Å²) in [5, 5.41) is 0.479. The monoisotopic (exact) mass is 474 g/mol. The number of aromatic amines is 1. The van der Waals surface area contributed by atoms with Crippen molar-refractivity contribution in [1.82, 2.24) is 19.9 Å². The fraction of sp³-hybridized carbons (Fsp3) is 0.333. The van der Waals surface area contributed by atoms with Gasteiger partial charge in [-0.05, 0) is 50.1 Å². The van der Waals surface area contributed by atoms with Gasteiger partial charge in [0.25, 0.3) is 0 Å². The zero-order valence-corrected chi connectivity index (χ0v) is 20.3. The van der Waals surface area contributed by atoms with Gasteiger partial charge in [0.15, 0.2) is 5.16 Å². The molecule has 2 atom stereocenters. The number of nitrogens with zero attached hydrogens (tertiary/aromatic N) is 3. The maximum Gasteiger partial charge on any atom is 0.197 e. The molecule has 1 N–H and O–H groups in total. The summed E-state index contributed by atoms with van der Waals surface area (Å²) in [6, 6.07) is 20.6. The summed E-state index contributed by atoms with van der Waals surface area (Å²) in [4.78, 5) is 14.7. The van der Waals surface area contributed by atoms with Crippen molar-refractivity contribution in [2.75, 3.05) is 13.2 Å². The number of piperidine rings is 1. The summed E-state index contributed by atoms with van der Waals surface area (Å²) >= 11 is 0. The third-order valence-corrected chi connectivity index (χ3v) is 7.68. The highest BCUT2D eigenvalue weighted by Gasteiger charge is 2.24. The Labute approximate surface area is 202 Å². The summed E-state index contributed by atoms with van der Waals surface area (Å²) in [6.45, 7) is 4.69. The van der Waals surface area contributed by atoms with Crippen molar-refractivity contribution in [2.45, 2.75) is 49.7 Å². The fourth-order valence-corrected chi connectivity index (χ4v) is 5.65. The minimum Gasteiger partial charge on any atom is -0.492 e. The number of para-hydroxylation sites is 2. The first-order chi connectivity index (χ1) is 16.7. The third-order valence-electron chi connectivity index (χ3n) is 6.52. The lowest BCUT2D eigenvalue weighted by Gasteiger charge is -2.35. The van der Waals surface area contributed by atoms with E-state index < -0.39 is 10.8 Å². The Hall–Kier alpha value is -3.03. The van der Waals surface area contributed by atoms with Crippen molar-refractivity contribution in [3.8, 4) is 5.75 Å². The van der Waals surface area contributed by atoms with Gasteiger partial charge in [-0.3, -0.25) is 14.1 Å². The van der Waals surface area contributed by atoms with Crippen molar-refractivity contribution >= 4 is 21.8 Å². The number of aromatic nitrogens is 3. The molecule has 2 unspecified atom stereocenters. The van der Waals surface area contributed by atoms with Crippen LogP contribution in [0.2, 0.25) is 0 Å². The van der Waals surface area contributed by atoms with Crippen molar-refractivity contribution in [3.63, 3.8) is 0 Å². The minimum absolute atomic E-state index is 0.298. The van der Waals surface area contributed by atoms with E-state index in [9.17, 15) is 4.21 Å². The van der Waals surface area contributed by atoms with Crippen LogP contribution in [0.1, 0.15) is 36.1 Å². The highest BCUT2D eigenvalue weighted by molar-refractivity contribution is 7.84. The molecule has 6 nitrogen and oxygen atoms in total. The van der Waals surface area contributed by atoms with Gasteiger partial charge >= 0.3 is 0 Å². The van der Waals surface area contributed by atoms with E-state index in [-0.39, 0.29) is 0 Å². The molecule has 0 bridgehead atoms. The lowest BCUT2D eigenvalue weighted by Crippen LogP contribution is -2.42. The van der Waals surface area contributed by atoms with Crippen molar-refractivity contribution < 1.29 is 8.95 Å². The van der Waals surface area contributed by atoms with Crippen molar-refractivity contribution in [2.24, 2.45) is 0 Å². The highest BCUT2D eigenvalue weighted by atomic mass is 32.2. The van der Waals surface area contributed by atoms with E-state index in [1.807, 2.05) is 37.3 Å². The Morgan fingerprint density at radius 3 is 2.76 bits per heavy atom. The Morgan fingerprint density at radius 2 is 1.91 bits per heavy atom. The topological polar surface area (TPSA) is 71.1 Å². The molecular formula is C27H30N4O2S. The third kappa shape index (κ3) is 5.21. The molecule has 1 aliphatic heterocycles. The Balaban J connectivity index is 1.25. The second-order valence-corrected chi connectivity index (χ2v) is 10.2. The van der Waals surface area contributed by atoms with E-state index in [2.05, 4.69) is 50.2 Å². The molecule has 4 aromatic rings. The van der Waals surface area contributed by atoms with Crippen LogP contribution in [-0.4, -0.2) is 43.3 Å². The molecular weight excluding hydrogens is 444 g/mol. The molecule has 1 saturated heterocycles. The van der Waals surface area contributed by atoms with E-state index in [0.29, 0.717) is 23.6 Å². The van der Waals surface area contributed by atoms with Gasteiger partial charge in [0.2, 0.25) is 0 Å². The van der Waals surface area contributed by atoms with Gasteiger partial charge in [-0.15, -0.1) is 0 Å². The molecule has 3 heterocycles. The van der Waals surface area contributed by atoms with Crippen LogP contribution < -0.4 is 4.74 Å². The van der Waals surface area contributed by atoms with Crippen LogP contribution >= 0.6 is 0 Å². The number of hydrogen-bond donors (Lipinski definition) is 1. The van der Waals surface area contributed by atoms with Gasteiger partial charge in [-0.2, -0.15) is 0 Å². The average Bonchev–Trinajstić information content (AvgIpc) is 3.31. The first-order valence-electron chi connectivity index (χ1n) is 11.9. The molecule has 2 aromatic carbocycles. The molecule has 1 aliphatic rings. The zero-order valence-electron chi connectivity index (χ0n) is 19.4. The van der Waals surface area contributed by atoms with Gasteiger partial charge in [-0.25, -0.2) is 4.98 Å². The van der Waals surface area contributed by atoms with Gasteiger partial charge in [-0.1, -0.05) is 48.9 Å². The molecule has 0 radical (unpaired) electrons. The number of rotatable bonds is 8. The van der Waals surface area contributed by atoms with Crippen molar-refractivity contribution in [3.05, 3.63) is 83.7 Å². The average molecular weight is 475 g/mol. The number of nitrogens with one attached hydrogen (secondary N) is 1. The molecule has 0 aliphatic carbocycles. The Bertz CT molecular complexity index is 1240.